The van der Waals surface area contributed by atoms with Crippen molar-refractivity contribution in [2.45, 2.75) is 19.4 Å². The number of fused-ring (bicyclic) bond motifs is 1. The van der Waals surface area contributed by atoms with Gasteiger partial charge in [-0.25, -0.2) is 4.98 Å². The van der Waals surface area contributed by atoms with Gasteiger partial charge in [0, 0.05) is 25.6 Å². The van der Waals surface area contributed by atoms with E-state index in [2.05, 4.69) is 20.2 Å². The van der Waals surface area contributed by atoms with Crippen molar-refractivity contribution >= 4 is 22.9 Å². The minimum absolute atomic E-state index is 0.0591. The Bertz CT molecular complexity index is 878. The number of rotatable bonds is 5. The van der Waals surface area contributed by atoms with E-state index in [0.717, 1.165) is 54.2 Å². The Labute approximate surface area is 158 Å². The number of ether oxygens (including phenoxy) is 1. The first-order valence-electron chi connectivity index (χ1n) is 9.33. The third kappa shape index (κ3) is 3.89. The Kier molecular flexibility index (Phi) is 4.96. The maximum Gasteiger partial charge on any atom is 0.223 e. The smallest absolute Gasteiger partial charge is 0.223 e. The average Bonchev–Trinajstić information content (AvgIpc) is 3.17. The molecule has 0 saturated carbocycles. The van der Waals surface area contributed by atoms with E-state index in [0.29, 0.717) is 6.54 Å². The van der Waals surface area contributed by atoms with Gasteiger partial charge in [-0.3, -0.25) is 4.79 Å². The molecule has 6 heteroatoms. The summed E-state index contributed by atoms with van der Waals surface area (Å²) in [6.45, 7) is 2.22. The van der Waals surface area contributed by atoms with Crippen LogP contribution in [0.5, 0.6) is 5.75 Å². The zero-order chi connectivity index (χ0) is 18.6. The highest BCUT2D eigenvalue weighted by Crippen LogP contribution is 2.23. The molecule has 6 nitrogen and oxygen atoms in total. The van der Waals surface area contributed by atoms with Crippen LogP contribution in [-0.2, 0) is 11.3 Å². The summed E-state index contributed by atoms with van der Waals surface area (Å²) in [5, 5.41) is 3.06. The van der Waals surface area contributed by atoms with Gasteiger partial charge < -0.3 is 19.9 Å². The van der Waals surface area contributed by atoms with Crippen LogP contribution in [-0.4, -0.2) is 36.1 Å². The number of anilines is 1. The zero-order valence-electron chi connectivity index (χ0n) is 15.4. The monoisotopic (exact) mass is 364 g/mol. The van der Waals surface area contributed by atoms with Crippen molar-refractivity contribution in [3.63, 3.8) is 0 Å². The molecule has 3 aromatic rings. The van der Waals surface area contributed by atoms with Gasteiger partial charge in [-0.05, 0) is 42.7 Å². The molecule has 2 aromatic carbocycles. The lowest BCUT2D eigenvalue weighted by Gasteiger charge is -2.31. The number of carbonyl (C=O) groups excluding carboxylic acids is 1. The number of aromatic nitrogens is 2. The fourth-order valence-corrected chi connectivity index (χ4v) is 3.52. The molecule has 1 aliphatic heterocycles. The molecule has 1 amide bonds. The van der Waals surface area contributed by atoms with Crippen molar-refractivity contribution in [3.8, 4) is 5.75 Å². The summed E-state index contributed by atoms with van der Waals surface area (Å²) in [5.74, 6) is 1.91. The van der Waals surface area contributed by atoms with E-state index in [1.54, 1.807) is 7.11 Å². The van der Waals surface area contributed by atoms with Gasteiger partial charge in [-0.1, -0.05) is 24.3 Å². The van der Waals surface area contributed by atoms with Crippen LogP contribution in [0, 0.1) is 5.92 Å². The van der Waals surface area contributed by atoms with Crippen molar-refractivity contribution in [2.24, 2.45) is 5.92 Å². The lowest BCUT2D eigenvalue weighted by molar-refractivity contribution is -0.125. The van der Waals surface area contributed by atoms with E-state index in [-0.39, 0.29) is 11.8 Å². The largest absolute Gasteiger partial charge is 0.497 e. The van der Waals surface area contributed by atoms with Gasteiger partial charge in [0.1, 0.15) is 5.75 Å². The number of para-hydroxylation sites is 2. The topological polar surface area (TPSA) is 70.2 Å². The number of hydrogen-bond donors (Lipinski definition) is 2. The van der Waals surface area contributed by atoms with Crippen LogP contribution in [0.25, 0.3) is 11.0 Å². The van der Waals surface area contributed by atoms with Crippen molar-refractivity contribution in [1.29, 1.82) is 0 Å². The molecule has 1 saturated heterocycles. The predicted molar refractivity (Wildman–Crippen MR) is 106 cm³/mol. The van der Waals surface area contributed by atoms with Crippen molar-refractivity contribution in [3.05, 3.63) is 54.1 Å². The molecule has 0 atom stereocenters. The van der Waals surface area contributed by atoms with Crippen LogP contribution in [0.3, 0.4) is 0 Å². The lowest BCUT2D eigenvalue weighted by atomic mass is 9.96. The van der Waals surface area contributed by atoms with E-state index < -0.39 is 0 Å². The number of hydrogen-bond acceptors (Lipinski definition) is 4. The second-order valence-corrected chi connectivity index (χ2v) is 6.90. The number of methoxy groups -OCH3 is 1. The molecule has 0 aliphatic carbocycles. The standard InChI is InChI=1S/C21H24N4O2/c1-27-17-8-6-15(7-9-17)14-22-20(26)16-10-12-25(13-11-16)21-23-18-4-2-3-5-19(18)24-21/h2-9,16H,10-14H2,1H3,(H,22,26)(H,23,24). The van der Waals surface area contributed by atoms with Crippen LogP contribution in [0.2, 0.25) is 0 Å². The summed E-state index contributed by atoms with van der Waals surface area (Å²) in [7, 11) is 1.65. The van der Waals surface area contributed by atoms with E-state index in [4.69, 9.17) is 4.74 Å². The molecule has 2 N–H and O–H groups in total. The summed E-state index contributed by atoms with van der Waals surface area (Å²) in [6, 6.07) is 15.8. The van der Waals surface area contributed by atoms with Crippen LogP contribution in [0.4, 0.5) is 5.95 Å². The Balaban J connectivity index is 1.29. The van der Waals surface area contributed by atoms with Gasteiger partial charge in [0.2, 0.25) is 11.9 Å². The number of piperidine rings is 1. The fraction of sp³-hybridized carbons (Fsp3) is 0.333. The number of imidazole rings is 1. The summed E-state index contributed by atoms with van der Waals surface area (Å²) >= 11 is 0. The predicted octanol–water partition coefficient (Wildman–Crippen LogP) is 3.10. The molecule has 140 valence electrons. The van der Waals surface area contributed by atoms with Gasteiger partial charge in [-0.15, -0.1) is 0 Å². The van der Waals surface area contributed by atoms with E-state index in [9.17, 15) is 4.79 Å². The van der Waals surface area contributed by atoms with Crippen LogP contribution >= 0.6 is 0 Å². The van der Waals surface area contributed by atoms with Gasteiger partial charge in [-0.2, -0.15) is 0 Å². The summed E-state index contributed by atoms with van der Waals surface area (Å²) in [4.78, 5) is 22.8. The molecule has 1 aromatic heterocycles. The van der Waals surface area contributed by atoms with Crippen molar-refractivity contribution < 1.29 is 9.53 Å². The molecule has 0 unspecified atom stereocenters. The first-order chi connectivity index (χ1) is 13.2. The lowest BCUT2D eigenvalue weighted by Crippen LogP contribution is -2.40. The molecule has 27 heavy (non-hydrogen) atoms. The Morgan fingerprint density at radius 2 is 1.93 bits per heavy atom. The third-order valence-corrected chi connectivity index (χ3v) is 5.17. The highest BCUT2D eigenvalue weighted by molar-refractivity contribution is 5.79. The molecule has 2 heterocycles. The number of nitrogens with zero attached hydrogens (tertiary/aromatic N) is 2. The van der Waals surface area contributed by atoms with Crippen LogP contribution in [0.15, 0.2) is 48.5 Å². The van der Waals surface area contributed by atoms with Gasteiger partial charge in [0.25, 0.3) is 0 Å². The summed E-state index contributed by atoms with van der Waals surface area (Å²) in [6.07, 6.45) is 1.68. The molecule has 0 radical (unpaired) electrons. The number of amides is 1. The Hall–Kier alpha value is -3.02. The first-order valence-corrected chi connectivity index (χ1v) is 9.33. The second-order valence-electron chi connectivity index (χ2n) is 6.90. The van der Waals surface area contributed by atoms with E-state index in [1.807, 2.05) is 48.5 Å². The first kappa shape index (κ1) is 17.4. The van der Waals surface area contributed by atoms with Crippen LogP contribution in [0.1, 0.15) is 18.4 Å². The molecular weight excluding hydrogens is 340 g/mol. The van der Waals surface area contributed by atoms with Crippen molar-refractivity contribution in [2.75, 3.05) is 25.1 Å². The second kappa shape index (κ2) is 7.70. The average molecular weight is 364 g/mol. The Morgan fingerprint density at radius 1 is 1.19 bits per heavy atom. The molecule has 0 bridgehead atoms. The highest BCUT2D eigenvalue weighted by Gasteiger charge is 2.26. The number of nitrogens with one attached hydrogen (secondary N) is 2. The Morgan fingerprint density at radius 3 is 2.63 bits per heavy atom. The van der Waals surface area contributed by atoms with Crippen molar-refractivity contribution in [1.82, 2.24) is 15.3 Å². The minimum Gasteiger partial charge on any atom is -0.497 e. The van der Waals surface area contributed by atoms with Gasteiger partial charge in [0.15, 0.2) is 0 Å². The van der Waals surface area contributed by atoms with E-state index in [1.165, 1.54) is 0 Å². The number of carbonyl (C=O) groups is 1. The number of aromatic amines is 1. The highest BCUT2D eigenvalue weighted by atomic mass is 16.5. The fourth-order valence-electron chi connectivity index (χ4n) is 3.52. The SMILES string of the molecule is COc1ccc(CNC(=O)C2CCN(c3nc4ccccc4[nH]3)CC2)cc1. The van der Waals surface area contributed by atoms with Crippen LogP contribution < -0.4 is 15.0 Å². The van der Waals surface area contributed by atoms with E-state index >= 15 is 0 Å². The molecule has 4 rings (SSSR count). The van der Waals surface area contributed by atoms with Gasteiger partial charge >= 0.3 is 0 Å². The molecule has 1 fully saturated rings. The normalized spacial score (nSPS) is 15.1. The molecule has 0 spiro atoms. The maximum atomic E-state index is 12.5. The molecular formula is C21H24N4O2. The summed E-state index contributed by atoms with van der Waals surface area (Å²) in [5.41, 5.74) is 3.10. The van der Waals surface area contributed by atoms with Gasteiger partial charge in [0.05, 0.1) is 18.1 Å². The number of benzene rings is 2. The number of H-pyrrole nitrogens is 1. The maximum absolute atomic E-state index is 12.5. The third-order valence-electron chi connectivity index (χ3n) is 5.17. The zero-order valence-corrected chi connectivity index (χ0v) is 15.4. The quantitative estimate of drug-likeness (QED) is 0.730. The molecule has 1 aliphatic rings. The minimum atomic E-state index is 0.0591. The summed E-state index contributed by atoms with van der Waals surface area (Å²) < 4.78 is 5.16.